The van der Waals surface area contributed by atoms with Gasteiger partial charge in [0.05, 0.1) is 5.52 Å². The van der Waals surface area contributed by atoms with Crippen molar-refractivity contribution in [3.05, 3.63) is 36.3 Å². The van der Waals surface area contributed by atoms with E-state index in [1.54, 1.807) is 0 Å². The summed E-state index contributed by atoms with van der Waals surface area (Å²) >= 11 is 0. The molecule has 0 unspecified atom stereocenters. The number of para-hydroxylation sites is 1. The van der Waals surface area contributed by atoms with E-state index in [1.165, 1.54) is 6.33 Å². The van der Waals surface area contributed by atoms with Crippen molar-refractivity contribution in [2.45, 2.75) is 19.8 Å². The molecule has 4 nitrogen and oxygen atoms in total. The maximum atomic E-state index is 12.6. The lowest BCUT2D eigenvalue weighted by Crippen LogP contribution is -2.38. The average molecular weight is 255 g/mol. The van der Waals surface area contributed by atoms with Crippen LogP contribution in [0, 0.1) is 5.92 Å². The van der Waals surface area contributed by atoms with Crippen LogP contribution in [0.5, 0.6) is 0 Å². The number of nitrogens with zero attached hydrogens (tertiary/aromatic N) is 3. The number of amides is 1. The molecule has 0 radical (unpaired) electrons. The van der Waals surface area contributed by atoms with E-state index >= 15 is 0 Å². The molecule has 4 heteroatoms. The van der Waals surface area contributed by atoms with Gasteiger partial charge in [-0.25, -0.2) is 9.97 Å². The molecule has 3 rings (SSSR count). The summed E-state index contributed by atoms with van der Waals surface area (Å²) in [6.45, 7) is 3.90. The Morgan fingerprint density at radius 1 is 1.21 bits per heavy atom. The zero-order chi connectivity index (χ0) is 13.2. The molecule has 1 aliphatic rings. The lowest BCUT2D eigenvalue weighted by Gasteiger charge is -2.30. The highest BCUT2D eigenvalue weighted by atomic mass is 16.2. The van der Waals surface area contributed by atoms with E-state index in [9.17, 15) is 4.79 Å². The van der Waals surface area contributed by atoms with E-state index in [2.05, 4.69) is 16.9 Å². The number of aromatic nitrogens is 2. The van der Waals surface area contributed by atoms with Crippen LogP contribution in [0.3, 0.4) is 0 Å². The van der Waals surface area contributed by atoms with Crippen LogP contribution in [0.2, 0.25) is 0 Å². The van der Waals surface area contributed by atoms with Crippen LogP contribution in [-0.4, -0.2) is 33.9 Å². The molecule has 1 aliphatic heterocycles. The van der Waals surface area contributed by atoms with Crippen LogP contribution < -0.4 is 0 Å². The first-order valence-electron chi connectivity index (χ1n) is 6.74. The largest absolute Gasteiger partial charge is 0.337 e. The smallest absolute Gasteiger partial charge is 0.273 e. The van der Waals surface area contributed by atoms with Crippen LogP contribution in [0.15, 0.2) is 30.6 Å². The van der Waals surface area contributed by atoms with Crippen LogP contribution >= 0.6 is 0 Å². The van der Waals surface area contributed by atoms with Crippen molar-refractivity contribution in [3.8, 4) is 0 Å². The molecule has 0 bridgehead atoms. The zero-order valence-electron chi connectivity index (χ0n) is 11.0. The second-order valence-electron chi connectivity index (χ2n) is 5.21. The first-order chi connectivity index (χ1) is 9.25. The Morgan fingerprint density at radius 3 is 2.74 bits per heavy atom. The predicted molar refractivity (Wildman–Crippen MR) is 73.8 cm³/mol. The quantitative estimate of drug-likeness (QED) is 0.786. The van der Waals surface area contributed by atoms with Gasteiger partial charge in [0.25, 0.3) is 5.91 Å². The van der Waals surface area contributed by atoms with Gasteiger partial charge in [0.15, 0.2) is 0 Å². The van der Waals surface area contributed by atoms with Crippen molar-refractivity contribution in [3.63, 3.8) is 0 Å². The van der Waals surface area contributed by atoms with E-state index in [1.807, 2.05) is 29.2 Å². The molecule has 98 valence electrons. The van der Waals surface area contributed by atoms with Crippen molar-refractivity contribution < 1.29 is 4.79 Å². The predicted octanol–water partition coefficient (Wildman–Crippen LogP) is 2.50. The lowest BCUT2D eigenvalue weighted by atomic mass is 9.99. The summed E-state index contributed by atoms with van der Waals surface area (Å²) in [4.78, 5) is 22.9. The van der Waals surface area contributed by atoms with Crippen LogP contribution in [0.25, 0.3) is 10.9 Å². The van der Waals surface area contributed by atoms with Crippen LogP contribution in [0.4, 0.5) is 0 Å². The number of fused-ring (bicyclic) bond motifs is 1. The highest BCUT2D eigenvalue weighted by Gasteiger charge is 2.23. The van der Waals surface area contributed by atoms with Gasteiger partial charge in [0, 0.05) is 18.5 Å². The first-order valence-corrected chi connectivity index (χ1v) is 6.74. The highest BCUT2D eigenvalue weighted by molar-refractivity contribution is 6.04. The van der Waals surface area contributed by atoms with Crippen molar-refractivity contribution in [1.82, 2.24) is 14.9 Å². The molecule has 0 saturated carbocycles. The minimum Gasteiger partial charge on any atom is -0.337 e. The van der Waals surface area contributed by atoms with Gasteiger partial charge in [0.1, 0.15) is 12.0 Å². The standard InChI is InChI=1S/C15H17N3O/c1-11-6-8-18(9-7-11)15(19)14-12-4-2-3-5-13(12)16-10-17-14/h2-5,10-11H,6-9H2,1H3. The lowest BCUT2D eigenvalue weighted by molar-refractivity contribution is 0.0693. The first kappa shape index (κ1) is 12.1. The number of carbonyl (C=O) groups is 1. The Labute approximate surface area is 112 Å². The summed E-state index contributed by atoms with van der Waals surface area (Å²) in [6.07, 6.45) is 3.63. The van der Waals surface area contributed by atoms with Gasteiger partial charge >= 0.3 is 0 Å². The molecule has 1 saturated heterocycles. The molecule has 19 heavy (non-hydrogen) atoms. The van der Waals surface area contributed by atoms with Crippen LogP contribution in [-0.2, 0) is 0 Å². The molecule has 0 N–H and O–H groups in total. The Hall–Kier alpha value is -1.97. The number of carbonyl (C=O) groups excluding carboxylic acids is 1. The molecule has 1 fully saturated rings. The van der Waals surface area contributed by atoms with Crippen molar-refractivity contribution in [2.75, 3.05) is 13.1 Å². The molecular formula is C15H17N3O. The average Bonchev–Trinajstić information content (AvgIpc) is 2.47. The van der Waals surface area contributed by atoms with Gasteiger partial charge in [-0.2, -0.15) is 0 Å². The fraction of sp³-hybridized carbons (Fsp3) is 0.400. The van der Waals surface area contributed by atoms with Gasteiger partial charge in [-0.05, 0) is 24.8 Å². The molecule has 1 aromatic heterocycles. The number of likely N-dealkylation sites (tertiary alicyclic amines) is 1. The van der Waals surface area contributed by atoms with Crippen molar-refractivity contribution >= 4 is 16.8 Å². The number of hydrogen-bond acceptors (Lipinski definition) is 3. The van der Waals surface area contributed by atoms with E-state index in [0.717, 1.165) is 36.8 Å². The fourth-order valence-electron chi connectivity index (χ4n) is 2.54. The van der Waals surface area contributed by atoms with Gasteiger partial charge in [-0.15, -0.1) is 0 Å². The number of hydrogen-bond donors (Lipinski definition) is 0. The third kappa shape index (κ3) is 2.30. The Kier molecular flexibility index (Phi) is 3.15. The van der Waals surface area contributed by atoms with E-state index in [4.69, 9.17) is 0 Å². The maximum Gasteiger partial charge on any atom is 0.273 e. The minimum atomic E-state index is 0.0329. The second kappa shape index (κ2) is 4.96. The Morgan fingerprint density at radius 2 is 1.95 bits per heavy atom. The summed E-state index contributed by atoms with van der Waals surface area (Å²) in [5.74, 6) is 0.747. The number of benzene rings is 1. The Balaban J connectivity index is 1.93. The topological polar surface area (TPSA) is 46.1 Å². The molecule has 0 spiro atoms. The molecule has 0 atom stereocenters. The van der Waals surface area contributed by atoms with Gasteiger partial charge in [0.2, 0.25) is 0 Å². The molecule has 2 aromatic rings. The molecule has 1 amide bonds. The normalized spacial score (nSPS) is 16.8. The van der Waals surface area contributed by atoms with Gasteiger partial charge < -0.3 is 4.90 Å². The zero-order valence-corrected chi connectivity index (χ0v) is 11.0. The fourth-order valence-corrected chi connectivity index (χ4v) is 2.54. The van der Waals surface area contributed by atoms with Gasteiger partial charge in [-0.1, -0.05) is 25.1 Å². The van der Waals surface area contributed by atoms with Crippen molar-refractivity contribution in [2.24, 2.45) is 5.92 Å². The maximum absolute atomic E-state index is 12.6. The molecular weight excluding hydrogens is 238 g/mol. The summed E-state index contributed by atoms with van der Waals surface area (Å²) in [5, 5.41) is 0.841. The summed E-state index contributed by atoms with van der Waals surface area (Å²) < 4.78 is 0. The molecule has 0 aliphatic carbocycles. The minimum absolute atomic E-state index is 0.0329. The summed E-state index contributed by atoms with van der Waals surface area (Å²) in [6, 6.07) is 7.66. The van der Waals surface area contributed by atoms with Crippen molar-refractivity contribution in [1.29, 1.82) is 0 Å². The monoisotopic (exact) mass is 255 g/mol. The third-order valence-electron chi connectivity index (χ3n) is 3.82. The SMILES string of the molecule is CC1CCN(C(=O)c2ncnc3ccccc23)CC1. The highest BCUT2D eigenvalue weighted by Crippen LogP contribution is 2.20. The number of rotatable bonds is 1. The second-order valence-corrected chi connectivity index (χ2v) is 5.21. The number of piperidine rings is 1. The Bertz CT molecular complexity index is 598. The van der Waals surface area contributed by atoms with E-state index in [-0.39, 0.29) is 5.91 Å². The molecule has 2 heterocycles. The van der Waals surface area contributed by atoms with E-state index in [0.29, 0.717) is 11.6 Å². The van der Waals surface area contributed by atoms with Gasteiger partial charge in [-0.3, -0.25) is 4.79 Å². The third-order valence-corrected chi connectivity index (χ3v) is 3.82. The summed E-state index contributed by atoms with van der Waals surface area (Å²) in [7, 11) is 0. The summed E-state index contributed by atoms with van der Waals surface area (Å²) in [5.41, 5.74) is 1.35. The van der Waals surface area contributed by atoms with E-state index < -0.39 is 0 Å². The van der Waals surface area contributed by atoms with Crippen LogP contribution in [0.1, 0.15) is 30.3 Å². The molecule has 1 aromatic carbocycles.